The topological polar surface area (TPSA) is 65.6 Å². The van der Waals surface area contributed by atoms with Gasteiger partial charge in [0.05, 0.1) is 12.1 Å². The molecule has 1 aliphatic heterocycles. The Morgan fingerprint density at radius 3 is 2.57 bits per heavy atom. The Hall–Kier alpha value is -1.69. The first-order valence-corrected chi connectivity index (χ1v) is 7.46. The van der Waals surface area contributed by atoms with E-state index in [1.807, 2.05) is 18.2 Å². The minimum Gasteiger partial charge on any atom is -0.395 e. The zero-order valence-electron chi connectivity index (χ0n) is 12.2. The molecule has 21 heavy (non-hydrogen) atoms. The molecule has 0 radical (unpaired) electrons. The second-order valence-electron chi connectivity index (χ2n) is 5.57. The average Bonchev–Trinajstić information content (AvgIpc) is 2.50. The summed E-state index contributed by atoms with van der Waals surface area (Å²) in [6.45, 7) is 5.87. The minimum absolute atomic E-state index is 0.238. The Morgan fingerprint density at radius 1 is 1.10 bits per heavy atom. The van der Waals surface area contributed by atoms with Gasteiger partial charge in [-0.05, 0) is 12.1 Å². The summed E-state index contributed by atoms with van der Waals surface area (Å²) >= 11 is 0. The first-order chi connectivity index (χ1) is 10.3. The van der Waals surface area contributed by atoms with Gasteiger partial charge in [-0.25, -0.2) is 4.98 Å². The molecule has 1 saturated heterocycles. The minimum atomic E-state index is 0.238. The second kappa shape index (κ2) is 6.39. The molecule has 0 aliphatic carbocycles. The fourth-order valence-corrected chi connectivity index (χ4v) is 2.85. The zero-order valence-corrected chi connectivity index (χ0v) is 12.2. The van der Waals surface area contributed by atoms with E-state index >= 15 is 0 Å². The van der Waals surface area contributed by atoms with E-state index in [4.69, 9.17) is 10.8 Å². The van der Waals surface area contributed by atoms with Gasteiger partial charge in [0, 0.05) is 50.2 Å². The van der Waals surface area contributed by atoms with Crippen LogP contribution in [0.25, 0.3) is 10.9 Å². The molecule has 0 atom stereocenters. The monoisotopic (exact) mass is 286 g/mol. The highest BCUT2D eigenvalue weighted by Crippen LogP contribution is 2.20. The number of anilines is 1. The lowest BCUT2D eigenvalue weighted by Gasteiger charge is -2.34. The van der Waals surface area contributed by atoms with E-state index in [9.17, 15) is 0 Å². The highest BCUT2D eigenvalue weighted by atomic mass is 16.3. The normalized spacial score (nSPS) is 17.4. The van der Waals surface area contributed by atoms with Crippen molar-refractivity contribution in [1.29, 1.82) is 0 Å². The molecular weight excluding hydrogens is 264 g/mol. The maximum Gasteiger partial charge on any atom is 0.128 e. The van der Waals surface area contributed by atoms with Gasteiger partial charge in [0.25, 0.3) is 0 Å². The molecule has 1 aromatic carbocycles. The van der Waals surface area contributed by atoms with Gasteiger partial charge < -0.3 is 10.8 Å². The molecule has 0 bridgehead atoms. The van der Waals surface area contributed by atoms with E-state index in [0.29, 0.717) is 5.82 Å². The second-order valence-corrected chi connectivity index (χ2v) is 5.57. The molecule has 2 aromatic rings. The van der Waals surface area contributed by atoms with Crippen molar-refractivity contribution >= 4 is 16.7 Å². The number of aromatic nitrogens is 1. The number of nitrogens with two attached hydrogens (primary N) is 1. The molecule has 1 aromatic heterocycles. The number of piperazine rings is 1. The van der Waals surface area contributed by atoms with Crippen LogP contribution in [0, 0.1) is 0 Å². The third kappa shape index (κ3) is 3.32. The number of β-amino-alcohol motifs (C(OH)–C–C–N with tert-alkyl or cyclic N) is 1. The predicted molar refractivity (Wildman–Crippen MR) is 85.0 cm³/mol. The van der Waals surface area contributed by atoms with Gasteiger partial charge >= 0.3 is 0 Å². The summed E-state index contributed by atoms with van der Waals surface area (Å²) in [5.74, 6) is 0.631. The zero-order chi connectivity index (χ0) is 14.7. The van der Waals surface area contributed by atoms with E-state index < -0.39 is 0 Å². The molecule has 2 heterocycles. The third-order valence-electron chi connectivity index (χ3n) is 4.11. The van der Waals surface area contributed by atoms with Gasteiger partial charge in [-0.3, -0.25) is 9.80 Å². The standard InChI is InChI=1S/C16H22N4O/c17-16-14(11-13-3-1-2-4-15(13)18-16)12-20-7-5-19(6-8-20)9-10-21/h1-4,11,21H,5-10,12H2,(H2,17,18). The van der Waals surface area contributed by atoms with E-state index in [2.05, 4.69) is 26.9 Å². The molecule has 1 fully saturated rings. The molecule has 112 valence electrons. The van der Waals surface area contributed by atoms with Crippen LogP contribution >= 0.6 is 0 Å². The maximum atomic E-state index is 8.98. The van der Waals surface area contributed by atoms with Gasteiger partial charge in [-0.2, -0.15) is 0 Å². The number of hydrogen-bond acceptors (Lipinski definition) is 5. The lowest BCUT2D eigenvalue weighted by atomic mass is 10.1. The lowest BCUT2D eigenvalue weighted by molar-refractivity contribution is 0.108. The van der Waals surface area contributed by atoms with Crippen LogP contribution in [0.5, 0.6) is 0 Å². The summed E-state index contributed by atoms with van der Waals surface area (Å²) < 4.78 is 0. The fourth-order valence-electron chi connectivity index (χ4n) is 2.85. The van der Waals surface area contributed by atoms with Gasteiger partial charge in [0.15, 0.2) is 0 Å². The lowest BCUT2D eigenvalue weighted by Crippen LogP contribution is -2.46. The summed E-state index contributed by atoms with van der Waals surface area (Å²) in [6.07, 6.45) is 0. The summed E-state index contributed by atoms with van der Waals surface area (Å²) in [5, 5.41) is 10.1. The number of hydrogen-bond donors (Lipinski definition) is 2. The molecule has 0 unspecified atom stereocenters. The van der Waals surface area contributed by atoms with Crippen molar-refractivity contribution in [3.8, 4) is 0 Å². The number of fused-ring (bicyclic) bond motifs is 1. The quantitative estimate of drug-likeness (QED) is 0.875. The van der Waals surface area contributed by atoms with Crippen molar-refractivity contribution in [3.05, 3.63) is 35.9 Å². The fraction of sp³-hybridized carbons (Fsp3) is 0.438. The van der Waals surface area contributed by atoms with Gasteiger partial charge in [0.2, 0.25) is 0 Å². The van der Waals surface area contributed by atoms with Crippen molar-refractivity contribution in [2.75, 3.05) is 45.1 Å². The number of rotatable bonds is 4. The first-order valence-electron chi connectivity index (χ1n) is 7.46. The third-order valence-corrected chi connectivity index (χ3v) is 4.11. The molecule has 0 amide bonds. The maximum absolute atomic E-state index is 8.98. The van der Waals surface area contributed by atoms with Crippen LogP contribution in [0.3, 0.4) is 0 Å². The summed E-state index contributed by atoms with van der Waals surface area (Å²) in [7, 11) is 0. The van der Waals surface area contributed by atoms with Crippen molar-refractivity contribution in [3.63, 3.8) is 0 Å². The average molecular weight is 286 g/mol. The van der Waals surface area contributed by atoms with Crippen LogP contribution in [0.2, 0.25) is 0 Å². The Kier molecular flexibility index (Phi) is 4.34. The van der Waals surface area contributed by atoms with Crippen LogP contribution in [-0.2, 0) is 6.54 Å². The number of pyridine rings is 1. The molecule has 5 nitrogen and oxygen atoms in total. The van der Waals surface area contributed by atoms with Crippen molar-refractivity contribution in [2.24, 2.45) is 0 Å². The van der Waals surface area contributed by atoms with E-state index in [1.54, 1.807) is 0 Å². The molecule has 3 N–H and O–H groups in total. The summed E-state index contributed by atoms with van der Waals surface area (Å²) in [4.78, 5) is 9.18. The van der Waals surface area contributed by atoms with Crippen molar-refractivity contribution < 1.29 is 5.11 Å². The van der Waals surface area contributed by atoms with Gasteiger partial charge in [0.1, 0.15) is 5.82 Å². The SMILES string of the molecule is Nc1nc2ccccc2cc1CN1CCN(CCO)CC1. The number of nitrogens with zero attached hydrogens (tertiary/aromatic N) is 3. The van der Waals surface area contributed by atoms with E-state index in [-0.39, 0.29) is 6.61 Å². The van der Waals surface area contributed by atoms with Crippen LogP contribution < -0.4 is 5.73 Å². The Balaban J connectivity index is 1.69. The Morgan fingerprint density at radius 2 is 1.81 bits per heavy atom. The van der Waals surface area contributed by atoms with Crippen LogP contribution in [0.4, 0.5) is 5.82 Å². The number of nitrogen functional groups attached to an aromatic ring is 1. The predicted octanol–water partition coefficient (Wildman–Crippen LogP) is 0.927. The number of aliphatic hydroxyl groups excluding tert-OH is 1. The molecular formula is C16H22N4O. The molecule has 3 rings (SSSR count). The highest BCUT2D eigenvalue weighted by molar-refractivity contribution is 5.81. The summed E-state index contributed by atoms with van der Waals surface area (Å²) in [6, 6.07) is 10.2. The molecule has 5 heteroatoms. The largest absolute Gasteiger partial charge is 0.395 e. The van der Waals surface area contributed by atoms with Crippen LogP contribution in [0.15, 0.2) is 30.3 Å². The van der Waals surface area contributed by atoms with Crippen LogP contribution in [-0.4, -0.2) is 59.2 Å². The Labute approximate surface area is 125 Å². The van der Waals surface area contributed by atoms with Crippen molar-refractivity contribution in [2.45, 2.75) is 6.54 Å². The number of benzene rings is 1. The van der Waals surface area contributed by atoms with Gasteiger partial charge in [-0.15, -0.1) is 0 Å². The van der Waals surface area contributed by atoms with Crippen LogP contribution in [0.1, 0.15) is 5.56 Å². The summed E-state index contributed by atoms with van der Waals surface area (Å²) in [5.41, 5.74) is 8.15. The van der Waals surface area contributed by atoms with Gasteiger partial charge in [-0.1, -0.05) is 18.2 Å². The smallest absolute Gasteiger partial charge is 0.128 e. The van der Waals surface area contributed by atoms with Crippen molar-refractivity contribution in [1.82, 2.24) is 14.8 Å². The Bertz CT molecular complexity index is 608. The van der Waals surface area contributed by atoms with E-state index in [0.717, 1.165) is 55.7 Å². The number of para-hydroxylation sites is 1. The van der Waals surface area contributed by atoms with E-state index in [1.165, 1.54) is 0 Å². The highest BCUT2D eigenvalue weighted by Gasteiger charge is 2.17. The molecule has 0 saturated carbocycles. The molecule has 1 aliphatic rings. The molecule has 0 spiro atoms. The number of aliphatic hydroxyl groups is 1. The first kappa shape index (κ1) is 14.3.